The van der Waals surface area contributed by atoms with Crippen LogP contribution in [-0.4, -0.2) is 58.6 Å². The van der Waals surface area contributed by atoms with E-state index in [0.29, 0.717) is 25.1 Å². The van der Waals surface area contributed by atoms with Crippen molar-refractivity contribution in [3.8, 4) is 5.75 Å². The molecule has 4 rings (SSSR count). The molecule has 0 aliphatic carbocycles. The van der Waals surface area contributed by atoms with Gasteiger partial charge in [0.15, 0.2) is 0 Å². The quantitative estimate of drug-likeness (QED) is 0.380. The van der Waals surface area contributed by atoms with Crippen LogP contribution in [0.3, 0.4) is 0 Å². The Hall–Kier alpha value is -2.68. The molecule has 1 fully saturated rings. The number of rotatable bonds is 10. The molecule has 186 valence electrons. The van der Waals surface area contributed by atoms with Gasteiger partial charge in [-0.3, -0.25) is 9.78 Å². The number of aliphatic carboxylic acids is 1. The highest BCUT2D eigenvalue weighted by molar-refractivity contribution is 7.99. The number of halogens is 1. The van der Waals surface area contributed by atoms with Crippen LogP contribution in [0.5, 0.6) is 5.75 Å². The second-order valence-corrected chi connectivity index (χ2v) is 10.1. The molecule has 1 aromatic heterocycles. The number of carboxylic acids is 1. The Balaban J connectivity index is 1.33. The number of aromatic nitrogens is 1. The molecule has 2 N–H and O–H groups in total. The molecule has 35 heavy (non-hydrogen) atoms. The highest BCUT2D eigenvalue weighted by Crippen LogP contribution is 2.34. The van der Waals surface area contributed by atoms with Crippen molar-refractivity contribution in [1.82, 2.24) is 9.88 Å². The molecular formula is C27H31FN2O4S. The van der Waals surface area contributed by atoms with Gasteiger partial charge in [-0.1, -0.05) is 6.07 Å². The predicted molar refractivity (Wildman–Crippen MR) is 135 cm³/mol. The maximum absolute atomic E-state index is 13.4. The van der Waals surface area contributed by atoms with Gasteiger partial charge in [0.05, 0.1) is 24.6 Å². The summed E-state index contributed by atoms with van der Waals surface area (Å²) in [5.74, 6) is -0.0133. The molecule has 1 saturated heterocycles. The average molecular weight is 499 g/mol. The number of thioether (sulfide) groups is 1. The van der Waals surface area contributed by atoms with E-state index in [9.17, 15) is 19.4 Å². The monoisotopic (exact) mass is 498 g/mol. The number of aliphatic hydroxyl groups is 1. The van der Waals surface area contributed by atoms with Gasteiger partial charge < -0.3 is 19.8 Å². The molecule has 2 heterocycles. The van der Waals surface area contributed by atoms with Gasteiger partial charge in [-0.05, 0) is 79.8 Å². The van der Waals surface area contributed by atoms with Crippen LogP contribution in [0, 0.1) is 17.7 Å². The number of nitrogens with zero attached hydrogens (tertiary/aromatic N) is 2. The van der Waals surface area contributed by atoms with E-state index in [1.54, 1.807) is 31.1 Å². The number of aliphatic hydroxyl groups excluding tert-OH is 1. The van der Waals surface area contributed by atoms with Gasteiger partial charge >= 0.3 is 5.97 Å². The summed E-state index contributed by atoms with van der Waals surface area (Å²) in [5.41, 5.74) is 1.57. The van der Waals surface area contributed by atoms with Gasteiger partial charge in [0.25, 0.3) is 0 Å². The lowest BCUT2D eigenvalue weighted by molar-refractivity contribution is -0.146. The van der Waals surface area contributed by atoms with Gasteiger partial charge in [0.1, 0.15) is 11.6 Å². The smallest absolute Gasteiger partial charge is 0.308 e. The van der Waals surface area contributed by atoms with Crippen molar-refractivity contribution < 1.29 is 24.1 Å². The lowest BCUT2D eigenvalue weighted by atomic mass is 9.81. The van der Waals surface area contributed by atoms with E-state index in [1.165, 1.54) is 12.1 Å². The number of methoxy groups -OCH3 is 1. The molecule has 0 radical (unpaired) electrons. The fraction of sp³-hybridized carbons (Fsp3) is 0.407. The summed E-state index contributed by atoms with van der Waals surface area (Å²) in [6.07, 6.45) is 2.88. The van der Waals surface area contributed by atoms with Crippen LogP contribution in [0.25, 0.3) is 10.9 Å². The Bertz CT molecular complexity index is 1160. The fourth-order valence-electron chi connectivity index (χ4n) is 4.84. The van der Waals surface area contributed by atoms with Crippen LogP contribution >= 0.6 is 11.8 Å². The van der Waals surface area contributed by atoms with Crippen molar-refractivity contribution in [3.05, 3.63) is 66.1 Å². The fourth-order valence-corrected chi connectivity index (χ4v) is 5.79. The summed E-state index contributed by atoms with van der Waals surface area (Å²) in [6, 6.07) is 13.9. The number of fused-ring (bicyclic) bond motifs is 1. The Morgan fingerprint density at radius 3 is 2.91 bits per heavy atom. The third-order valence-corrected chi connectivity index (χ3v) is 7.76. The summed E-state index contributed by atoms with van der Waals surface area (Å²) in [6.45, 7) is 2.07. The SMILES string of the molecule is COc1ccc2nccc([C@H](O)CC[C@@H]3CCN(CCSc4cccc(F)c4)C[C@@H]3C(=O)O)c2c1. The van der Waals surface area contributed by atoms with E-state index >= 15 is 0 Å². The van der Waals surface area contributed by atoms with E-state index in [1.807, 2.05) is 30.3 Å². The third-order valence-electron chi connectivity index (χ3n) is 6.78. The summed E-state index contributed by atoms with van der Waals surface area (Å²) in [7, 11) is 1.60. The molecule has 8 heteroatoms. The van der Waals surface area contributed by atoms with Crippen LogP contribution < -0.4 is 4.74 Å². The standard InChI is InChI=1S/C27H31FN2O4S/c1-34-20-6-7-25-23(16-20)22(9-11-29-25)26(31)8-5-18-10-12-30(17-24(18)27(32)33)13-14-35-21-4-2-3-19(28)15-21/h2-4,6-7,9,11,15-16,18,24,26,31H,5,8,10,12-14,17H2,1H3,(H,32,33)/t18-,24+,26-/m1/s1. The molecule has 0 amide bonds. The topological polar surface area (TPSA) is 82.9 Å². The van der Waals surface area contributed by atoms with Crippen molar-refractivity contribution in [2.45, 2.75) is 30.3 Å². The van der Waals surface area contributed by atoms with Crippen LogP contribution in [0.2, 0.25) is 0 Å². The Labute approximate surface area is 209 Å². The van der Waals surface area contributed by atoms with Crippen molar-refractivity contribution >= 4 is 28.6 Å². The number of benzene rings is 2. The van der Waals surface area contributed by atoms with E-state index in [4.69, 9.17) is 4.74 Å². The first-order valence-electron chi connectivity index (χ1n) is 11.9. The molecule has 1 aliphatic rings. The maximum atomic E-state index is 13.4. The molecule has 2 aromatic carbocycles. The number of ether oxygens (including phenoxy) is 1. The zero-order chi connectivity index (χ0) is 24.8. The Kier molecular flexibility index (Phi) is 8.59. The zero-order valence-corrected chi connectivity index (χ0v) is 20.6. The lowest BCUT2D eigenvalue weighted by Gasteiger charge is -2.37. The van der Waals surface area contributed by atoms with E-state index in [-0.39, 0.29) is 11.7 Å². The molecule has 3 atom stereocenters. The van der Waals surface area contributed by atoms with Crippen molar-refractivity contribution in [1.29, 1.82) is 0 Å². The van der Waals surface area contributed by atoms with Crippen LogP contribution in [0.15, 0.2) is 59.6 Å². The van der Waals surface area contributed by atoms with E-state index in [0.717, 1.165) is 46.6 Å². The molecule has 0 bridgehead atoms. The predicted octanol–water partition coefficient (Wildman–Crippen LogP) is 5.01. The normalized spacial score (nSPS) is 19.5. The molecule has 3 aromatic rings. The van der Waals surface area contributed by atoms with Gasteiger partial charge in [-0.2, -0.15) is 0 Å². The van der Waals surface area contributed by atoms with Crippen molar-refractivity contribution in [2.24, 2.45) is 11.8 Å². The first kappa shape index (κ1) is 25.4. The molecule has 0 unspecified atom stereocenters. The number of carboxylic acid groups (broad SMARTS) is 1. The number of likely N-dealkylation sites (tertiary alicyclic amines) is 1. The number of hydrogen-bond acceptors (Lipinski definition) is 6. The summed E-state index contributed by atoms with van der Waals surface area (Å²) in [4.78, 5) is 19.5. The van der Waals surface area contributed by atoms with Crippen molar-refractivity contribution in [2.75, 3.05) is 32.5 Å². The summed E-state index contributed by atoms with van der Waals surface area (Å²) < 4.78 is 18.7. The molecule has 1 aliphatic heterocycles. The number of carbonyl (C=O) groups is 1. The highest BCUT2D eigenvalue weighted by atomic mass is 32.2. The number of piperidine rings is 1. The highest BCUT2D eigenvalue weighted by Gasteiger charge is 2.34. The second kappa shape index (κ2) is 11.8. The van der Waals surface area contributed by atoms with Crippen LogP contribution in [0.4, 0.5) is 4.39 Å². The van der Waals surface area contributed by atoms with Gasteiger partial charge in [0.2, 0.25) is 0 Å². The minimum Gasteiger partial charge on any atom is -0.497 e. The lowest BCUT2D eigenvalue weighted by Crippen LogP contribution is -2.44. The summed E-state index contributed by atoms with van der Waals surface area (Å²) in [5, 5.41) is 21.7. The molecule has 6 nitrogen and oxygen atoms in total. The third kappa shape index (κ3) is 6.51. The largest absolute Gasteiger partial charge is 0.497 e. The Morgan fingerprint density at radius 1 is 1.29 bits per heavy atom. The van der Waals surface area contributed by atoms with Crippen LogP contribution in [0.1, 0.15) is 30.9 Å². The van der Waals surface area contributed by atoms with Gasteiger partial charge in [-0.15, -0.1) is 11.8 Å². The average Bonchev–Trinajstić information content (AvgIpc) is 2.87. The first-order valence-corrected chi connectivity index (χ1v) is 12.9. The minimum atomic E-state index is -0.786. The van der Waals surface area contributed by atoms with E-state index in [2.05, 4.69) is 9.88 Å². The Morgan fingerprint density at radius 2 is 2.14 bits per heavy atom. The van der Waals surface area contributed by atoms with Gasteiger partial charge in [0, 0.05) is 35.3 Å². The van der Waals surface area contributed by atoms with E-state index < -0.39 is 18.0 Å². The summed E-state index contributed by atoms with van der Waals surface area (Å²) >= 11 is 1.58. The van der Waals surface area contributed by atoms with Gasteiger partial charge in [-0.25, -0.2) is 4.39 Å². The first-order chi connectivity index (χ1) is 16.9. The molecular weight excluding hydrogens is 467 g/mol. The van der Waals surface area contributed by atoms with Crippen molar-refractivity contribution in [3.63, 3.8) is 0 Å². The molecule has 0 spiro atoms. The molecule has 0 saturated carbocycles. The van der Waals surface area contributed by atoms with Crippen LogP contribution in [-0.2, 0) is 4.79 Å². The maximum Gasteiger partial charge on any atom is 0.308 e. The zero-order valence-electron chi connectivity index (χ0n) is 19.8. The minimum absolute atomic E-state index is 0.0110. The number of pyridine rings is 1. The number of hydrogen-bond donors (Lipinski definition) is 2. The second-order valence-electron chi connectivity index (χ2n) is 8.98.